The maximum atomic E-state index is 11.6. The van der Waals surface area contributed by atoms with E-state index in [9.17, 15) is 9.59 Å². The van der Waals surface area contributed by atoms with Crippen molar-refractivity contribution in [3.8, 4) is 0 Å². The van der Waals surface area contributed by atoms with Crippen LogP contribution in [0.4, 0.5) is 0 Å². The zero-order valence-electron chi connectivity index (χ0n) is 9.65. The van der Waals surface area contributed by atoms with Crippen molar-refractivity contribution in [2.24, 2.45) is 0 Å². The van der Waals surface area contributed by atoms with E-state index in [1.807, 2.05) is 6.92 Å². The Morgan fingerprint density at radius 3 is 2.76 bits per heavy atom. The number of ether oxygens (including phenoxy) is 1. The molecule has 0 N–H and O–H groups in total. The molecule has 0 fully saturated rings. The van der Waals surface area contributed by atoms with Crippen molar-refractivity contribution < 1.29 is 13.9 Å². The van der Waals surface area contributed by atoms with Crippen LogP contribution in [-0.2, 0) is 11.2 Å². The number of esters is 1. The molecule has 1 heterocycles. The highest BCUT2D eigenvalue weighted by molar-refractivity contribution is 6.03. The first-order valence-electron chi connectivity index (χ1n) is 5.30. The third kappa shape index (κ3) is 2.06. The van der Waals surface area contributed by atoms with Gasteiger partial charge in [-0.05, 0) is 30.2 Å². The molecule has 0 saturated carbocycles. The molecule has 4 heteroatoms. The van der Waals surface area contributed by atoms with Gasteiger partial charge in [-0.25, -0.2) is 9.59 Å². The Balaban J connectivity index is 2.80. The van der Waals surface area contributed by atoms with Crippen LogP contribution in [0.3, 0.4) is 0 Å². The van der Waals surface area contributed by atoms with Crippen LogP contribution in [0.25, 0.3) is 11.0 Å². The summed E-state index contributed by atoms with van der Waals surface area (Å²) in [4.78, 5) is 22.8. The van der Waals surface area contributed by atoms with E-state index in [4.69, 9.17) is 9.15 Å². The SMILES string of the molecule is CCc1cc(C(=O)OC)c2ccc(=O)oc2c1. The molecule has 0 atom stereocenters. The first kappa shape index (κ1) is 11.4. The van der Waals surface area contributed by atoms with Gasteiger partial charge in [0.05, 0.1) is 12.7 Å². The van der Waals surface area contributed by atoms with Crippen LogP contribution in [0, 0.1) is 0 Å². The Morgan fingerprint density at radius 1 is 1.35 bits per heavy atom. The number of rotatable bonds is 2. The second-order valence-corrected chi connectivity index (χ2v) is 3.65. The van der Waals surface area contributed by atoms with Crippen LogP contribution in [-0.4, -0.2) is 13.1 Å². The molecule has 0 unspecified atom stereocenters. The van der Waals surface area contributed by atoms with Crippen molar-refractivity contribution in [1.82, 2.24) is 0 Å². The van der Waals surface area contributed by atoms with Crippen LogP contribution < -0.4 is 5.63 Å². The molecular formula is C13H12O4. The number of fused-ring (bicyclic) bond motifs is 1. The quantitative estimate of drug-likeness (QED) is 0.588. The van der Waals surface area contributed by atoms with Gasteiger partial charge in [-0.2, -0.15) is 0 Å². The average Bonchev–Trinajstić information content (AvgIpc) is 2.35. The van der Waals surface area contributed by atoms with Gasteiger partial charge in [0.2, 0.25) is 0 Å². The molecule has 2 aromatic rings. The van der Waals surface area contributed by atoms with Gasteiger partial charge in [0.15, 0.2) is 0 Å². The number of hydrogen-bond acceptors (Lipinski definition) is 4. The highest BCUT2D eigenvalue weighted by Gasteiger charge is 2.13. The summed E-state index contributed by atoms with van der Waals surface area (Å²) in [6, 6.07) is 6.39. The fraction of sp³-hybridized carbons (Fsp3) is 0.231. The van der Waals surface area contributed by atoms with E-state index in [-0.39, 0.29) is 0 Å². The van der Waals surface area contributed by atoms with E-state index < -0.39 is 11.6 Å². The van der Waals surface area contributed by atoms with E-state index in [0.717, 1.165) is 12.0 Å². The van der Waals surface area contributed by atoms with E-state index in [0.29, 0.717) is 16.5 Å². The number of carbonyl (C=O) groups is 1. The first-order valence-corrected chi connectivity index (χ1v) is 5.30. The minimum atomic E-state index is -0.431. The topological polar surface area (TPSA) is 56.5 Å². The monoisotopic (exact) mass is 232 g/mol. The minimum absolute atomic E-state index is 0.414. The lowest BCUT2D eigenvalue weighted by molar-refractivity contribution is 0.0602. The highest BCUT2D eigenvalue weighted by Crippen LogP contribution is 2.21. The molecule has 2 rings (SSSR count). The molecule has 88 valence electrons. The second-order valence-electron chi connectivity index (χ2n) is 3.65. The van der Waals surface area contributed by atoms with Crippen molar-refractivity contribution in [3.63, 3.8) is 0 Å². The number of benzene rings is 1. The molecule has 0 aliphatic carbocycles. The fourth-order valence-electron chi connectivity index (χ4n) is 1.72. The van der Waals surface area contributed by atoms with Crippen LogP contribution in [0.15, 0.2) is 33.5 Å². The highest BCUT2D eigenvalue weighted by atomic mass is 16.5. The van der Waals surface area contributed by atoms with Gasteiger partial charge in [0.1, 0.15) is 5.58 Å². The average molecular weight is 232 g/mol. The third-order valence-electron chi connectivity index (χ3n) is 2.61. The van der Waals surface area contributed by atoms with Gasteiger partial charge in [0.25, 0.3) is 0 Å². The Bertz CT molecular complexity index is 625. The smallest absolute Gasteiger partial charge is 0.338 e. The van der Waals surface area contributed by atoms with Gasteiger partial charge in [-0.1, -0.05) is 6.92 Å². The lowest BCUT2D eigenvalue weighted by Gasteiger charge is -2.06. The van der Waals surface area contributed by atoms with E-state index in [1.54, 1.807) is 18.2 Å². The summed E-state index contributed by atoms with van der Waals surface area (Å²) >= 11 is 0. The number of hydrogen-bond donors (Lipinski definition) is 0. The van der Waals surface area contributed by atoms with Crippen molar-refractivity contribution >= 4 is 16.9 Å². The third-order valence-corrected chi connectivity index (χ3v) is 2.61. The first-order chi connectivity index (χ1) is 8.15. The molecule has 0 aliphatic heterocycles. The number of methoxy groups -OCH3 is 1. The second kappa shape index (κ2) is 4.41. The summed E-state index contributed by atoms with van der Waals surface area (Å²) in [6.45, 7) is 1.96. The summed E-state index contributed by atoms with van der Waals surface area (Å²) in [5.41, 5.74) is 1.33. The Kier molecular flexibility index (Phi) is 2.95. The van der Waals surface area contributed by atoms with Gasteiger partial charge in [0, 0.05) is 11.5 Å². The van der Waals surface area contributed by atoms with Gasteiger partial charge < -0.3 is 9.15 Å². The molecule has 1 aromatic heterocycles. The van der Waals surface area contributed by atoms with Gasteiger partial charge in [-0.15, -0.1) is 0 Å². The largest absolute Gasteiger partial charge is 0.465 e. The van der Waals surface area contributed by atoms with Crippen molar-refractivity contribution in [2.75, 3.05) is 7.11 Å². The van der Waals surface area contributed by atoms with E-state index in [1.165, 1.54) is 13.2 Å². The summed E-state index contributed by atoms with van der Waals surface area (Å²) < 4.78 is 9.79. The van der Waals surface area contributed by atoms with Gasteiger partial charge >= 0.3 is 11.6 Å². The number of aryl methyl sites for hydroxylation is 1. The predicted octanol–water partition coefficient (Wildman–Crippen LogP) is 2.14. The standard InChI is InChI=1S/C13H12O4/c1-3-8-6-10(13(15)16-2)9-4-5-12(14)17-11(9)7-8/h4-7H,3H2,1-2H3. The van der Waals surface area contributed by atoms with E-state index in [2.05, 4.69) is 0 Å². The summed E-state index contributed by atoms with van der Waals surface area (Å²) in [5.74, 6) is -0.431. The lowest BCUT2D eigenvalue weighted by Crippen LogP contribution is -2.05. The predicted molar refractivity (Wildman–Crippen MR) is 63.2 cm³/mol. The van der Waals surface area contributed by atoms with Crippen LogP contribution in [0.5, 0.6) is 0 Å². The maximum Gasteiger partial charge on any atom is 0.338 e. The normalized spacial score (nSPS) is 10.5. The van der Waals surface area contributed by atoms with Gasteiger partial charge in [-0.3, -0.25) is 0 Å². The van der Waals surface area contributed by atoms with Crippen LogP contribution in [0.2, 0.25) is 0 Å². The molecule has 0 amide bonds. The minimum Gasteiger partial charge on any atom is -0.465 e. The Labute approximate surface area is 97.8 Å². The maximum absolute atomic E-state index is 11.6. The van der Waals surface area contributed by atoms with Crippen LogP contribution >= 0.6 is 0 Å². The molecule has 0 radical (unpaired) electrons. The van der Waals surface area contributed by atoms with E-state index >= 15 is 0 Å². The summed E-state index contributed by atoms with van der Waals surface area (Å²) in [5, 5.41) is 0.591. The zero-order chi connectivity index (χ0) is 12.4. The van der Waals surface area contributed by atoms with Crippen LogP contribution in [0.1, 0.15) is 22.8 Å². The van der Waals surface area contributed by atoms with Crippen molar-refractivity contribution in [1.29, 1.82) is 0 Å². The molecular weight excluding hydrogens is 220 g/mol. The molecule has 0 aliphatic rings. The lowest BCUT2D eigenvalue weighted by atomic mass is 10.0. The Hall–Kier alpha value is -2.10. The summed E-state index contributed by atoms with van der Waals surface area (Å²) in [7, 11) is 1.33. The molecule has 1 aromatic carbocycles. The molecule has 0 saturated heterocycles. The van der Waals surface area contributed by atoms with Crippen molar-refractivity contribution in [3.05, 3.63) is 45.8 Å². The fourth-order valence-corrected chi connectivity index (χ4v) is 1.72. The number of carbonyl (C=O) groups excluding carboxylic acids is 1. The molecule has 17 heavy (non-hydrogen) atoms. The van der Waals surface area contributed by atoms with Crippen molar-refractivity contribution in [2.45, 2.75) is 13.3 Å². The molecule has 0 bridgehead atoms. The Morgan fingerprint density at radius 2 is 2.12 bits per heavy atom. The zero-order valence-corrected chi connectivity index (χ0v) is 9.65. The molecule has 4 nitrogen and oxygen atoms in total. The molecule has 0 spiro atoms. The summed E-state index contributed by atoms with van der Waals surface area (Å²) in [6.07, 6.45) is 0.749.